The SMILES string of the molecule is [B]c1cc(F)c(-c2cc(F)c([B]c3cc(F)c(C#N)c(F)c3[B])c(F)c2)c(F)c1. The van der Waals surface area contributed by atoms with Crippen LogP contribution < -0.4 is 21.9 Å². The third kappa shape index (κ3) is 3.77. The molecule has 0 bridgehead atoms. The first-order valence-electron chi connectivity index (χ1n) is 7.90. The minimum atomic E-state index is -1.37. The van der Waals surface area contributed by atoms with Crippen LogP contribution in [0.2, 0.25) is 0 Å². The average Bonchev–Trinajstić information content (AvgIpc) is 2.61. The van der Waals surface area contributed by atoms with Crippen molar-refractivity contribution in [2.75, 3.05) is 0 Å². The molecule has 0 aliphatic heterocycles. The highest BCUT2D eigenvalue weighted by Crippen LogP contribution is 2.26. The summed E-state index contributed by atoms with van der Waals surface area (Å²) < 4.78 is 84.7. The third-order valence-corrected chi connectivity index (χ3v) is 4.13. The van der Waals surface area contributed by atoms with Gasteiger partial charge in [-0.25, -0.2) is 26.3 Å². The number of nitrogens with zero attached hydrogens (tertiary/aromatic N) is 1. The fourth-order valence-corrected chi connectivity index (χ4v) is 2.77. The first kappa shape index (κ1) is 20.7. The van der Waals surface area contributed by atoms with Crippen molar-refractivity contribution in [2.24, 2.45) is 0 Å². The van der Waals surface area contributed by atoms with Gasteiger partial charge < -0.3 is 0 Å². The Morgan fingerprint density at radius 2 is 1.31 bits per heavy atom. The monoisotopic (exact) mass is 394 g/mol. The van der Waals surface area contributed by atoms with Gasteiger partial charge >= 0.3 is 0 Å². The molecule has 0 heterocycles. The number of benzene rings is 3. The molecule has 3 aromatic rings. The summed E-state index contributed by atoms with van der Waals surface area (Å²) in [6, 6.07) is 4.81. The summed E-state index contributed by atoms with van der Waals surface area (Å²) in [6.07, 6.45) is 0. The number of hydrogen-bond donors (Lipinski definition) is 0. The topological polar surface area (TPSA) is 23.8 Å². The molecule has 0 amide bonds. The predicted octanol–water partition coefficient (Wildman–Crippen LogP) is 1.30. The minimum Gasteiger partial charge on any atom is -0.207 e. The number of nitriles is 1. The van der Waals surface area contributed by atoms with E-state index in [1.54, 1.807) is 0 Å². The molecule has 5 radical (unpaired) electrons. The summed E-state index contributed by atoms with van der Waals surface area (Å²) >= 11 is 0. The molecule has 0 spiro atoms. The number of rotatable bonds is 3. The van der Waals surface area contributed by atoms with E-state index in [-0.39, 0.29) is 5.46 Å². The smallest absolute Gasteiger partial charge is 0.198 e. The molecular formula is C19H5B3F6N. The van der Waals surface area contributed by atoms with Gasteiger partial charge in [0.05, 0.1) is 5.56 Å². The fourth-order valence-electron chi connectivity index (χ4n) is 2.77. The van der Waals surface area contributed by atoms with Crippen LogP contribution in [0.15, 0.2) is 30.3 Å². The molecular weight excluding hydrogens is 389 g/mol. The molecule has 0 aliphatic carbocycles. The lowest BCUT2D eigenvalue weighted by atomic mass is 9.59. The maximum atomic E-state index is 14.5. The molecule has 3 aromatic carbocycles. The van der Waals surface area contributed by atoms with E-state index in [4.69, 9.17) is 21.0 Å². The Kier molecular flexibility index (Phi) is 5.51. The van der Waals surface area contributed by atoms with E-state index in [0.29, 0.717) is 25.5 Å². The normalized spacial score (nSPS) is 10.7. The summed E-state index contributed by atoms with van der Waals surface area (Å²) in [5.41, 5.74) is -4.16. The summed E-state index contributed by atoms with van der Waals surface area (Å²) in [4.78, 5) is 0. The summed E-state index contributed by atoms with van der Waals surface area (Å²) in [7, 11) is 11.5. The second-order valence-corrected chi connectivity index (χ2v) is 6.02. The van der Waals surface area contributed by atoms with Crippen LogP contribution in [-0.2, 0) is 0 Å². The van der Waals surface area contributed by atoms with Gasteiger partial charge in [-0.2, -0.15) is 5.26 Å². The van der Waals surface area contributed by atoms with Crippen molar-refractivity contribution in [3.8, 4) is 17.2 Å². The Bertz CT molecular complexity index is 1140. The zero-order chi connectivity index (χ0) is 21.5. The number of hydrogen-bond acceptors (Lipinski definition) is 1. The molecule has 3 rings (SSSR count). The molecule has 29 heavy (non-hydrogen) atoms. The Morgan fingerprint density at radius 3 is 1.83 bits per heavy atom. The highest BCUT2D eigenvalue weighted by molar-refractivity contribution is 6.71. The molecule has 0 unspecified atom stereocenters. The Hall–Kier alpha value is -3.08. The summed E-state index contributed by atoms with van der Waals surface area (Å²) in [5, 5.41) is 8.71. The maximum absolute atomic E-state index is 14.5. The lowest BCUT2D eigenvalue weighted by Crippen LogP contribution is -2.43. The quantitative estimate of drug-likeness (QED) is 0.486. The molecule has 0 atom stereocenters. The van der Waals surface area contributed by atoms with Gasteiger partial charge in [-0.15, -0.1) is 0 Å². The first-order chi connectivity index (χ1) is 13.6. The summed E-state index contributed by atoms with van der Waals surface area (Å²) in [5.74, 6) is -7.42. The predicted molar refractivity (Wildman–Crippen MR) is 98.6 cm³/mol. The van der Waals surface area contributed by atoms with Crippen LogP contribution in [0.5, 0.6) is 0 Å². The Balaban J connectivity index is 2.08. The van der Waals surface area contributed by atoms with Gasteiger partial charge in [-0.3, -0.25) is 0 Å². The highest BCUT2D eigenvalue weighted by atomic mass is 19.2. The largest absolute Gasteiger partial charge is 0.207 e. The van der Waals surface area contributed by atoms with E-state index in [1.807, 2.05) is 0 Å². The zero-order valence-electron chi connectivity index (χ0n) is 14.3. The van der Waals surface area contributed by atoms with E-state index in [1.165, 1.54) is 6.07 Å². The van der Waals surface area contributed by atoms with E-state index in [0.717, 1.165) is 12.1 Å². The van der Waals surface area contributed by atoms with Crippen molar-refractivity contribution < 1.29 is 26.3 Å². The van der Waals surface area contributed by atoms with Crippen LogP contribution in [0.4, 0.5) is 26.3 Å². The van der Waals surface area contributed by atoms with Gasteiger partial charge in [0.1, 0.15) is 62.2 Å². The van der Waals surface area contributed by atoms with Crippen LogP contribution in [0, 0.1) is 46.2 Å². The van der Waals surface area contributed by atoms with Gasteiger partial charge in [-0.1, -0.05) is 16.4 Å². The van der Waals surface area contributed by atoms with Crippen molar-refractivity contribution >= 4 is 44.8 Å². The van der Waals surface area contributed by atoms with Crippen molar-refractivity contribution in [1.82, 2.24) is 0 Å². The third-order valence-electron chi connectivity index (χ3n) is 4.13. The molecule has 10 heteroatoms. The molecule has 0 fully saturated rings. The highest BCUT2D eigenvalue weighted by Gasteiger charge is 2.21. The second kappa shape index (κ2) is 7.74. The lowest BCUT2D eigenvalue weighted by Gasteiger charge is -2.12. The van der Waals surface area contributed by atoms with Crippen LogP contribution in [0.3, 0.4) is 0 Å². The van der Waals surface area contributed by atoms with Crippen molar-refractivity contribution in [2.45, 2.75) is 0 Å². The molecule has 0 aromatic heterocycles. The molecule has 0 aliphatic rings. The van der Waals surface area contributed by atoms with E-state index in [9.17, 15) is 26.3 Å². The Morgan fingerprint density at radius 1 is 0.759 bits per heavy atom. The molecule has 137 valence electrons. The first-order valence-corrected chi connectivity index (χ1v) is 7.90. The van der Waals surface area contributed by atoms with Gasteiger partial charge in [0.15, 0.2) is 7.28 Å². The van der Waals surface area contributed by atoms with E-state index in [2.05, 4.69) is 0 Å². The molecule has 0 saturated heterocycles. The van der Waals surface area contributed by atoms with Crippen molar-refractivity contribution in [3.05, 3.63) is 70.8 Å². The van der Waals surface area contributed by atoms with Gasteiger partial charge in [0.25, 0.3) is 0 Å². The minimum absolute atomic E-state index is 0.213. The van der Waals surface area contributed by atoms with Crippen LogP contribution in [-0.4, -0.2) is 23.0 Å². The summed E-state index contributed by atoms with van der Waals surface area (Å²) in [6.45, 7) is 0. The van der Waals surface area contributed by atoms with Crippen LogP contribution in [0.1, 0.15) is 5.56 Å². The van der Waals surface area contributed by atoms with Gasteiger partial charge in [0.2, 0.25) is 0 Å². The van der Waals surface area contributed by atoms with Gasteiger partial charge in [-0.05, 0) is 41.4 Å². The fraction of sp³-hybridized carbons (Fsp3) is 0. The Labute approximate surface area is 165 Å². The van der Waals surface area contributed by atoms with E-state index < -0.39 is 68.0 Å². The number of halogens is 6. The van der Waals surface area contributed by atoms with Crippen LogP contribution in [0.25, 0.3) is 11.1 Å². The average molecular weight is 394 g/mol. The van der Waals surface area contributed by atoms with Crippen molar-refractivity contribution in [1.29, 1.82) is 5.26 Å². The molecule has 1 nitrogen and oxygen atoms in total. The van der Waals surface area contributed by atoms with Crippen LogP contribution >= 0.6 is 0 Å². The van der Waals surface area contributed by atoms with Gasteiger partial charge in [0, 0.05) is 0 Å². The maximum Gasteiger partial charge on any atom is 0.198 e. The standard InChI is InChI=1S/C19H5B3F6N/c20-8-3-12(24)16(13(25)4-8)7-1-14(26)18(15(27)2-7)22-10-5-11(23)9(6-29)19(28)17(10)21/h1-5H. The van der Waals surface area contributed by atoms with Crippen molar-refractivity contribution in [3.63, 3.8) is 0 Å². The molecule has 0 N–H and O–H groups in total. The molecule has 0 saturated carbocycles. The lowest BCUT2D eigenvalue weighted by molar-refractivity contribution is 0.582. The zero-order valence-corrected chi connectivity index (χ0v) is 14.3. The van der Waals surface area contributed by atoms with E-state index >= 15 is 0 Å². The second-order valence-electron chi connectivity index (χ2n) is 6.02.